The van der Waals surface area contributed by atoms with E-state index < -0.39 is 53.6 Å². The van der Waals surface area contributed by atoms with E-state index in [1.807, 2.05) is 13.8 Å². The number of alkyl carbamates (subject to hydrolysis) is 1. The van der Waals surface area contributed by atoms with Gasteiger partial charge in [0.1, 0.15) is 21.7 Å². The highest BCUT2D eigenvalue weighted by molar-refractivity contribution is 7.58. The van der Waals surface area contributed by atoms with Gasteiger partial charge in [0.15, 0.2) is 0 Å². The van der Waals surface area contributed by atoms with E-state index >= 15 is 0 Å². The average Bonchev–Trinajstić information content (AvgIpc) is 2.85. The predicted octanol–water partition coefficient (Wildman–Crippen LogP) is 7.01. The van der Waals surface area contributed by atoms with Crippen LogP contribution in [0.2, 0.25) is 39.3 Å². The van der Waals surface area contributed by atoms with Gasteiger partial charge in [0.2, 0.25) is 5.91 Å². The van der Waals surface area contributed by atoms with Gasteiger partial charge in [0, 0.05) is 31.5 Å². The molecule has 1 rings (SSSR count). The molecule has 0 saturated carbocycles. The first-order valence-corrected chi connectivity index (χ1v) is 24.2. The first kappa shape index (κ1) is 40.2. The quantitative estimate of drug-likeness (QED) is 0.0940. The van der Waals surface area contributed by atoms with Gasteiger partial charge in [-0.15, -0.1) is 22.9 Å². The van der Waals surface area contributed by atoms with Crippen LogP contribution in [0.5, 0.6) is 0 Å². The number of amides is 2. The number of ether oxygens (including phenoxy) is 2. The Bertz CT molecular complexity index is 1120. The fraction of sp³-hybridized carbons (Fsp3) is 0.750. The molecule has 0 fully saturated rings. The monoisotopic (exact) mass is 668 g/mol. The number of carbonyl (C=O) groups is 2. The summed E-state index contributed by atoms with van der Waals surface area (Å²) >= 11 is 0. The molecule has 12 heteroatoms. The summed E-state index contributed by atoms with van der Waals surface area (Å²) in [5.74, 6) is 6.03. The summed E-state index contributed by atoms with van der Waals surface area (Å²) in [6.45, 7) is 24.0. The molecule has 0 spiro atoms. The minimum atomic E-state index is -3.87. The molecule has 2 N–H and O–H groups in total. The second-order valence-electron chi connectivity index (χ2n) is 14.1. The Morgan fingerprint density at radius 3 is 1.86 bits per heavy atom. The SMILES string of the molecule is CCC(CC)O[C@@H]1C=C(P(=O)(OCCC#C[Si](C)(C)C)OCCC#C[Si](C)(C)C)C[C@H](NC(=O)OC(C)(C)C)[C@H]1NC(C)=O. The van der Waals surface area contributed by atoms with Gasteiger partial charge in [-0.3, -0.25) is 9.36 Å². The van der Waals surface area contributed by atoms with Gasteiger partial charge in [0.05, 0.1) is 37.5 Å². The molecule has 3 atom stereocenters. The summed E-state index contributed by atoms with van der Waals surface area (Å²) in [7, 11) is -7.01. The number of hydrogen-bond donors (Lipinski definition) is 2. The normalized spacial score (nSPS) is 19.2. The Hall–Kier alpha value is -1.86. The molecule has 0 aliphatic heterocycles. The van der Waals surface area contributed by atoms with E-state index in [1.54, 1.807) is 26.8 Å². The largest absolute Gasteiger partial charge is 0.444 e. The van der Waals surface area contributed by atoms with Gasteiger partial charge < -0.3 is 29.2 Å². The van der Waals surface area contributed by atoms with E-state index in [1.165, 1.54) is 6.92 Å². The van der Waals surface area contributed by atoms with Crippen LogP contribution in [0.25, 0.3) is 0 Å². The first-order valence-electron chi connectivity index (χ1n) is 15.7. The molecule has 44 heavy (non-hydrogen) atoms. The summed E-state index contributed by atoms with van der Waals surface area (Å²) in [5, 5.41) is 6.22. The molecule has 0 heterocycles. The van der Waals surface area contributed by atoms with E-state index in [9.17, 15) is 14.2 Å². The lowest BCUT2D eigenvalue weighted by molar-refractivity contribution is -0.121. The standard InChI is InChI=1S/C32H57N2O7PSi2/c1-13-26(14-2)40-29-24-27(23-28(30(29)33-25(3)35)34-31(36)41-32(4,5)6)42(37,38-19-15-17-21-43(7,8)9)39-20-16-18-22-44(10,11)12/h24,26,28-30H,13-16,19-20,23H2,1-12H3,(H,33,35)(H,34,36)/t28-,29+,30+/m0/s1. The third kappa shape index (κ3) is 16.5. The van der Waals surface area contributed by atoms with Crippen LogP contribution in [0.15, 0.2) is 11.4 Å². The Labute approximate surface area is 268 Å². The van der Waals surface area contributed by atoms with Crippen LogP contribution in [0.4, 0.5) is 4.79 Å². The molecule has 0 saturated heterocycles. The summed E-state index contributed by atoms with van der Waals surface area (Å²) in [5.41, 5.74) is 5.87. The number of nitrogens with one attached hydrogen (secondary N) is 2. The number of hydrogen-bond acceptors (Lipinski definition) is 7. The smallest absolute Gasteiger partial charge is 0.407 e. The molecule has 9 nitrogen and oxygen atoms in total. The zero-order valence-corrected chi connectivity index (χ0v) is 32.0. The van der Waals surface area contributed by atoms with E-state index in [4.69, 9.17) is 18.5 Å². The van der Waals surface area contributed by atoms with Crippen molar-refractivity contribution in [2.75, 3.05) is 13.2 Å². The molecule has 1 aliphatic rings. The zero-order valence-electron chi connectivity index (χ0n) is 29.1. The summed E-state index contributed by atoms with van der Waals surface area (Å²) in [6.07, 6.45) is 2.66. The minimum Gasteiger partial charge on any atom is -0.444 e. The number of rotatable bonds is 13. The maximum absolute atomic E-state index is 14.6. The van der Waals surface area contributed by atoms with Crippen molar-refractivity contribution in [1.82, 2.24) is 10.6 Å². The van der Waals surface area contributed by atoms with Gasteiger partial charge in [0.25, 0.3) is 0 Å². The first-order chi connectivity index (χ1) is 20.2. The topological polar surface area (TPSA) is 112 Å². The second-order valence-corrected chi connectivity index (χ2v) is 25.7. The molecule has 0 aromatic rings. The third-order valence-corrected chi connectivity index (χ3v) is 10.1. The highest BCUT2D eigenvalue weighted by Gasteiger charge is 2.43. The van der Waals surface area contributed by atoms with E-state index in [0.29, 0.717) is 18.2 Å². The van der Waals surface area contributed by atoms with Gasteiger partial charge in [-0.2, -0.15) is 0 Å². The van der Waals surface area contributed by atoms with Crippen molar-refractivity contribution >= 4 is 35.7 Å². The van der Waals surface area contributed by atoms with Crippen molar-refractivity contribution in [2.45, 2.75) is 143 Å². The van der Waals surface area contributed by atoms with Crippen LogP contribution in [0.3, 0.4) is 0 Å². The highest BCUT2D eigenvalue weighted by atomic mass is 31.2. The van der Waals surface area contributed by atoms with Crippen molar-refractivity contribution in [3.05, 3.63) is 11.4 Å². The number of carbonyl (C=O) groups excluding carboxylic acids is 2. The lowest BCUT2D eigenvalue weighted by atomic mass is 9.92. The molecule has 0 aromatic heterocycles. The van der Waals surface area contributed by atoms with Crippen LogP contribution in [0, 0.1) is 22.9 Å². The van der Waals surface area contributed by atoms with Crippen molar-refractivity contribution in [3.8, 4) is 22.9 Å². The lowest BCUT2D eigenvalue weighted by Crippen LogP contribution is -2.59. The molecule has 250 valence electrons. The fourth-order valence-electron chi connectivity index (χ4n) is 4.28. The molecule has 0 aromatic carbocycles. The van der Waals surface area contributed by atoms with Crippen molar-refractivity contribution in [3.63, 3.8) is 0 Å². The Morgan fingerprint density at radius 1 is 0.955 bits per heavy atom. The van der Waals surface area contributed by atoms with Gasteiger partial charge in [-0.05, 0) is 39.7 Å². The fourth-order valence-corrected chi connectivity index (χ4v) is 7.41. The molecule has 2 amide bonds. The molecule has 1 aliphatic carbocycles. The molecule has 0 radical (unpaired) electrons. The Balaban J connectivity index is 3.53. The van der Waals surface area contributed by atoms with Crippen molar-refractivity contribution in [2.24, 2.45) is 0 Å². The Morgan fingerprint density at radius 2 is 1.45 bits per heavy atom. The highest BCUT2D eigenvalue weighted by Crippen LogP contribution is 2.59. The van der Waals surface area contributed by atoms with Crippen LogP contribution in [-0.4, -0.2) is 71.3 Å². The van der Waals surface area contributed by atoms with Gasteiger partial charge >= 0.3 is 13.7 Å². The summed E-state index contributed by atoms with van der Waals surface area (Å²) < 4.78 is 38.6. The minimum absolute atomic E-state index is 0.103. The second kappa shape index (κ2) is 17.7. The molecule has 0 bridgehead atoms. The van der Waals surface area contributed by atoms with E-state index in [0.717, 1.165) is 12.8 Å². The summed E-state index contributed by atoms with van der Waals surface area (Å²) in [6, 6.07) is -1.34. The molecular weight excluding hydrogens is 612 g/mol. The van der Waals surface area contributed by atoms with Crippen LogP contribution in [-0.2, 0) is 27.9 Å². The van der Waals surface area contributed by atoms with E-state index in [-0.39, 0.29) is 31.6 Å². The zero-order chi connectivity index (χ0) is 33.8. The molecular formula is C32H57N2O7PSi2. The Kier molecular flexibility index (Phi) is 16.2. The van der Waals surface area contributed by atoms with Gasteiger partial charge in [-0.25, -0.2) is 4.79 Å². The van der Waals surface area contributed by atoms with Gasteiger partial charge in [-0.1, -0.05) is 53.1 Å². The van der Waals surface area contributed by atoms with Crippen molar-refractivity contribution in [1.29, 1.82) is 0 Å². The van der Waals surface area contributed by atoms with E-state index in [2.05, 4.69) is 72.8 Å². The molecule has 0 unspecified atom stereocenters. The predicted molar refractivity (Wildman–Crippen MR) is 184 cm³/mol. The van der Waals surface area contributed by atoms with Crippen LogP contribution < -0.4 is 10.6 Å². The van der Waals surface area contributed by atoms with Crippen molar-refractivity contribution < 1.29 is 32.7 Å². The van der Waals surface area contributed by atoms with Crippen LogP contribution >= 0.6 is 7.60 Å². The maximum Gasteiger partial charge on any atom is 0.407 e. The third-order valence-electron chi connectivity index (χ3n) is 6.16. The summed E-state index contributed by atoms with van der Waals surface area (Å²) in [4.78, 5) is 25.3. The average molecular weight is 669 g/mol. The maximum atomic E-state index is 14.6. The van der Waals surface area contributed by atoms with Crippen LogP contribution in [0.1, 0.15) is 73.6 Å². The lowest BCUT2D eigenvalue weighted by Gasteiger charge is -2.40.